The van der Waals surface area contributed by atoms with Crippen molar-refractivity contribution in [1.29, 1.82) is 0 Å². The van der Waals surface area contributed by atoms with Gasteiger partial charge in [-0.2, -0.15) is 0 Å². The Balaban J connectivity index is 1.43. The van der Waals surface area contributed by atoms with Gasteiger partial charge in [0.05, 0.1) is 17.6 Å². The van der Waals surface area contributed by atoms with Crippen LogP contribution < -0.4 is 5.73 Å². The molecule has 142 valence electrons. The summed E-state index contributed by atoms with van der Waals surface area (Å²) in [5, 5.41) is 4.26. The topological polar surface area (TPSA) is 61.0 Å². The van der Waals surface area contributed by atoms with Crippen LogP contribution in [-0.2, 0) is 23.5 Å². The number of benzene rings is 2. The minimum atomic E-state index is -0.170. The minimum absolute atomic E-state index is 0.170. The monoisotopic (exact) mass is 407 g/mol. The molecular weight excluding hydrogens is 386 g/mol. The number of rotatable bonds is 3. The van der Waals surface area contributed by atoms with Gasteiger partial charge in [0.15, 0.2) is 5.16 Å². The van der Waals surface area contributed by atoms with E-state index >= 15 is 0 Å². The van der Waals surface area contributed by atoms with Gasteiger partial charge in [0, 0.05) is 17.1 Å². The summed E-state index contributed by atoms with van der Waals surface area (Å²) in [7, 11) is 0. The van der Waals surface area contributed by atoms with Crippen molar-refractivity contribution in [3.63, 3.8) is 0 Å². The standard InChI is InChI=1S/C22H21N3OS2/c1-22(2)10-16-17(11-26-22)28-20-18(16)19(23)24-21(25-20)27-12-13-7-8-14-5-3-4-6-15(14)9-13/h3-9H,10-12H2,1-2H3,(H2,23,24,25). The summed E-state index contributed by atoms with van der Waals surface area (Å²) >= 11 is 3.31. The lowest BCUT2D eigenvalue weighted by Gasteiger charge is -2.30. The van der Waals surface area contributed by atoms with E-state index in [1.54, 1.807) is 23.1 Å². The van der Waals surface area contributed by atoms with Crippen molar-refractivity contribution in [2.24, 2.45) is 0 Å². The third-order valence-corrected chi connectivity index (χ3v) is 7.14. The van der Waals surface area contributed by atoms with Crippen LogP contribution in [0.3, 0.4) is 0 Å². The average molecular weight is 408 g/mol. The van der Waals surface area contributed by atoms with Gasteiger partial charge in [0.1, 0.15) is 10.6 Å². The summed E-state index contributed by atoms with van der Waals surface area (Å²) in [6.07, 6.45) is 0.847. The molecule has 4 nitrogen and oxygen atoms in total. The summed E-state index contributed by atoms with van der Waals surface area (Å²) in [4.78, 5) is 11.6. The molecule has 0 atom stereocenters. The molecule has 1 aliphatic rings. The van der Waals surface area contributed by atoms with Crippen LogP contribution in [-0.4, -0.2) is 15.6 Å². The number of fused-ring (bicyclic) bond motifs is 4. The molecule has 2 aromatic carbocycles. The number of nitrogens with two attached hydrogens (primary N) is 1. The molecule has 28 heavy (non-hydrogen) atoms. The zero-order valence-electron chi connectivity index (χ0n) is 15.9. The minimum Gasteiger partial charge on any atom is -0.383 e. The number of hydrogen-bond donors (Lipinski definition) is 1. The summed E-state index contributed by atoms with van der Waals surface area (Å²) < 4.78 is 5.95. The maximum absolute atomic E-state index is 6.36. The highest BCUT2D eigenvalue weighted by Gasteiger charge is 2.30. The zero-order chi connectivity index (χ0) is 19.3. The normalized spacial score (nSPS) is 15.8. The smallest absolute Gasteiger partial charge is 0.191 e. The van der Waals surface area contributed by atoms with Crippen LogP contribution in [0.2, 0.25) is 0 Å². The first-order valence-corrected chi connectivity index (χ1v) is 11.1. The van der Waals surface area contributed by atoms with Crippen LogP contribution in [0.25, 0.3) is 21.0 Å². The van der Waals surface area contributed by atoms with Gasteiger partial charge in [-0.25, -0.2) is 9.97 Å². The molecule has 0 saturated carbocycles. The van der Waals surface area contributed by atoms with Crippen LogP contribution in [0, 0.1) is 0 Å². The molecule has 0 fully saturated rings. The lowest BCUT2D eigenvalue weighted by Crippen LogP contribution is -2.31. The average Bonchev–Trinajstić information content (AvgIpc) is 3.03. The summed E-state index contributed by atoms with van der Waals surface area (Å²) in [6.45, 7) is 4.86. The second-order valence-electron chi connectivity index (χ2n) is 7.77. The molecule has 2 N–H and O–H groups in total. The van der Waals surface area contributed by atoms with Gasteiger partial charge >= 0.3 is 0 Å². The van der Waals surface area contributed by atoms with Gasteiger partial charge in [0.2, 0.25) is 0 Å². The Morgan fingerprint density at radius 1 is 1.14 bits per heavy atom. The predicted octanol–water partition coefficient (Wildman–Crippen LogP) is 5.57. The van der Waals surface area contributed by atoms with Crippen LogP contribution in [0.4, 0.5) is 5.82 Å². The molecule has 0 saturated heterocycles. The molecule has 4 aromatic rings. The van der Waals surface area contributed by atoms with E-state index in [0.717, 1.165) is 27.5 Å². The van der Waals surface area contributed by atoms with E-state index in [4.69, 9.17) is 15.5 Å². The molecule has 0 spiro atoms. The first-order valence-electron chi connectivity index (χ1n) is 9.31. The Kier molecular flexibility index (Phi) is 4.30. The van der Waals surface area contributed by atoms with Crippen LogP contribution in [0.5, 0.6) is 0 Å². The SMILES string of the molecule is CC1(C)Cc2c(sc3nc(SCc4ccc5ccccc5c4)nc(N)c23)CO1. The van der Waals surface area contributed by atoms with Gasteiger partial charge in [-0.3, -0.25) is 0 Å². The highest BCUT2D eigenvalue weighted by Crippen LogP contribution is 2.40. The Labute approximate surface area is 172 Å². The first-order chi connectivity index (χ1) is 13.5. The molecule has 0 bridgehead atoms. The Morgan fingerprint density at radius 2 is 1.96 bits per heavy atom. The Hall–Kier alpha value is -2.15. The van der Waals surface area contributed by atoms with E-state index in [9.17, 15) is 0 Å². The molecule has 1 aliphatic heterocycles. The second kappa shape index (κ2) is 6.72. The molecule has 0 aliphatic carbocycles. The zero-order valence-corrected chi connectivity index (χ0v) is 17.5. The van der Waals surface area contributed by atoms with Crippen LogP contribution in [0.15, 0.2) is 47.6 Å². The van der Waals surface area contributed by atoms with E-state index in [2.05, 4.69) is 61.3 Å². The third-order valence-electron chi connectivity index (χ3n) is 5.12. The van der Waals surface area contributed by atoms with E-state index < -0.39 is 0 Å². The molecule has 0 amide bonds. The number of nitrogen functional groups attached to an aromatic ring is 1. The predicted molar refractivity (Wildman–Crippen MR) is 118 cm³/mol. The van der Waals surface area contributed by atoms with Crippen LogP contribution in [0.1, 0.15) is 29.9 Å². The quantitative estimate of drug-likeness (QED) is 0.355. The number of nitrogens with zero attached hydrogens (tertiary/aromatic N) is 2. The Bertz CT molecular complexity index is 1200. The lowest BCUT2D eigenvalue weighted by molar-refractivity contribution is -0.0379. The molecular formula is C22H21N3OS2. The molecule has 5 rings (SSSR count). The van der Waals surface area contributed by atoms with Gasteiger partial charge in [-0.1, -0.05) is 54.2 Å². The van der Waals surface area contributed by atoms with E-state index in [-0.39, 0.29) is 5.60 Å². The summed E-state index contributed by atoms with van der Waals surface area (Å²) in [6, 6.07) is 15.0. The molecule has 6 heteroatoms. The number of thiophene rings is 1. The van der Waals surface area contributed by atoms with Crippen molar-refractivity contribution < 1.29 is 4.74 Å². The highest BCUT2D eigenvalue weighted by atomic mass is 32.2. The maximum atomic E-state index is 6.36. The van der Waals surface area contributed by atoms with Crippen LogP contribution >= 0.6 is 23.1 Å². The summed E-state index contributed by atoms with van der Waals surface area (Å²) in [5.74, 6) is 1.40. The number of aromatic nitrogens is 2. The lowest BCUT2D eigenvalue weighted by atomic mass is 9.94. The van der Waals surface area contributed by atoms with E-state index in [1.807, 2.05) is 0 Å². The Morgan fingerprint density at radius 3 is 2.82 bits per heavy atom. The number of anilines is 1. The second-order valence-corrected chi connectivity index (χ2v) is 9.80. The van der Waals surface area contributed by atoms with Gasteiger partial charge in [-0.05, 0) is 35.7 Å². The first kappa shape index (κ1) is 17.9. The number of ether oxygens (including phenoxy) is 1. The van der Waals surface area contributed by atoms with Gasteiger partial charge in [0.25, 0.3) is 0 Å². The van der Waals surface area contributed by atoms with Crippen molar-refractivity contribution in [2.75, 3.05) is 5.73 Å². The van der Waals surface area contributed by atoms with Gasteiger partial charge in [-0.15, -0.1) is 11.3 Å². The maximum Gasteiger partial charge on any atom is 0.191 e. The third kappa shape index (κ3) is 3.26. The van der Waals surface area contributed by atoms with Crippen molar-refractivity contribution in [3.8, 4) is 0 Å². The number of hydrogen-bond acceptors (Lipinski definition) is 6. The molecule has 0 unspecified atom stereocenters. The number of thioether (sulfide) groups is 1. The molecule has 2 aromatic heterocycles. The van der Waals surface area contributed by atoms with E-state index in [0.29, 0.717) is 12.4 Å². The van der Waals surface area contributed by atoms with Crippen molar-refractivity contribution in [1.82, 2.24) is 9.97 Å². The fourth-order valence-corrected chi connectivity index (χ4v) is 5.66. The molecule has 0 radical (unpaired) electrons. The highest BCUT2D eigenvalue weighted by molar-refractivity contribution is 7.98. The van der Waals surface area contributed by atoms with E-state index in [1.165, 1.54) is 26.8 Å². The fourth-order valence-electron chi connectivity index (χ4n) is 3.69. The summed E-state index contributed by atoms with van der Waals surface area (Å²) in [5.41, 5.74) is 8.71. The fraction of sp³-hybridized carbons (Fsp3) is 0.273. The van der Waals surface area contributed by atoms with Crippen molar-refractivity contribution in [3.05, 3.63) is 58.5 Å². The van der Waals surface area contributed by atoms with Crippen molar-refractivity contribution in [2.45, 2.75) is 43.4 Å². The van der Waals surface area contributed by atoms with Crippen molar-refractivity contribution >= 4 is 49.9 Å². The molecule has 3 heterocycles. The largest absolute Gasteiger partial charge is 0.383 e. The van der Waals surface area contributed by atoms with Gasteiger partial charge < -0.3 is 10.5 Å².